The van der Waals surface area contributed by atoms with E-state index in [1.165, 1.54) is 0 Å². The van der Waals surface area contributed by atoms with Crippen molar-refractivity contribution in [2.24, 2.45) is 0 Å². The zero-order chi connectivity index (χ0) is 14.3. The maximum atomic E-state index is 5.14. The molecule has 0 saturated heterocycles. The van der Waals surface area contributed by atoms with E-state index in [1.807, 2.05) is 7.05 Å². The van der Waals surface area contributed by atoms with Crippen molar-refractivity contribution in [3.63, 3.8) is 0 Å². The minimum atomic E-state index is 0.346. The Kier molecular flexibility index (Phi) is 6.32. The average molecular weight is 267 g/mol. The van der Waals surface area contributed by atoms with Crippen LogP contribution in [0.2, 0.25) is 0 Å². The molecule has 19 heavy (non-hydrogen) atoms. The summed E-state index contributed by atoms with van der Waals surface area (Å²) in [5.74, 6) is 1.21. The highest BCUT2D eigenvalue weighted by atomic mass is 16.5. The van der Waals surface area contributed by atoms with Crippen LogP contribution < -0.4 is 15.0 Å². The number of nitrogens with one attached hydrogen (secondary N) is 1. The van der Waals surface area contributed by atoms with Crippen molar-refractivity contribution in [2.75, 3.05) is 30.9 Å². The Morgan fingerprint density at radius 1 is 1.21 bits per heavy atom. The summed E-state index contributed by atoms with van der Waals surface area (Å²) in [6.07, 6.45) is 3.25. The van der Waals surface area contributed by atoms with Gasteiger partial charge in [-0.05, 0) is 19.8 Å². The van der Waals surface area contributed by atoms with Crippen LogP contribution in [0.25, 0.3) is 0 Å². The second-order valence-corrected chi connectivity index (χ2v) is 4.62. The minimum absolute atomic E-state index is 0.346. The van der Waals surface area contributed by atoms with Gasteiger partial charge in [-0.1, -0.05) is 20.3 Å². The summed E-state index contributed by atoms with van der Waals surface area (Å²) in [5.41, 5.74) is 0. The molecule has 1 rings (SSSR count). The smallest absolute Gasteiger partial charge is 0.322 e. The van der Waals surface area contributed by atoms with E-state index in [9.17, 15) is 0 Å². The van der Waals surface area contributed by atoms with Crippen LogP contribution in [0.1, 0.15) is 40.0 Å². The molecule has 1 aromatic heterocycles. The maximum absolute atomic E-state index is 5.14. The number of aromatic nitrogens is 3. The molecule has 0 spiro atoms. The van der Waals surface area contributed by atoms with E-state index in [4.69, 9.17) is 4.74 Å². The number of anilines is 2. The molecule has 0 aliphatic carbocycles. The van der Waals surface area contributed by atoms with Gasteiger partial charge in [-0.25, -0.2) is 0 Å². The van der Waals surface area contributed by atoms with E-state index in [0.29, 0.717) is 23.9 Å². The fourth-order valence-electron chi connectivity index (χ4n) is 1.72. The lowest BCUT2D eigenvalue weighted by Gasteiger charge is -2.24. The fourth-order valence-corrected chi connectivity index (χ4v) is 1.72. The van der Waals surface area contributed by atoms with Crippen molar-refractivity contribution < 1.29 is 4.74 Å². The van der Waals surface area contributed by atoms with E-state index >= 15 is 0 Å². The van der Waals surface area contributed by atoms with Crippen LogP contribution in [0.3, 0.4) is 0 Å². The van der Waals surface area contributed by atoms with Crippen molar-refractivity contribution in [3.8, 4) is 6.01 Å². The van der Waals surface area contributed by atoms with Gasteiger partial charge in [0.15, 0.2) is 0 Å². The first-order valence-corrected chi connectivity index (χ1v) is 6.89. The number of hydrogen-bond acceptors (Lipinski definition) is 6. The topological polar surface area (TPSA) is 63.2 Å². The molecule has 0 radical (unpaired) electrons. The van der Waals surface area contributed by atoms with Crippen molar-refractivity contribution in [1.82, 2.24) is 15.0 Å². The maximum Gasteiger partial charge on any atom is 0.322 e. The molecule has 0 amide bonds. The van der Waals surface area contributed by atoms with Crippen LogP contribution in [0, 0.1) is 0 Å². The average Bonchev–Trinajstić information content (AvgIpc) is 2.44. The van der Waals surface area contributed by atoms with Crippen LogP contribution in [0.4, 0.5) is 11.9 Å². The van der Waals surface area contributed by atoms with Crippen LogP contribution in [-0.4, -0.2) is 41.7 Å². The lowest BCUT2D eigenvalue weighted by atomic mass is 10.2. The third kappa shape index (κ3) is 4.54. The van der Waals surface area contributed by atoms with Crippen LogP contribution in [0.5, 0.6) is 6.01 Å². The van der Waals surface area contributed by atoms with E-state index in [1.54, 1.807) is 7.11 Å². The number of nitrogens with zero attached hydrogens (tertiary/aromatic N) is 4. The van der Waals surface area contributed by atoms with Crippen molar-refractivity contribution in [1.29, 1.82) is 0 Å². The van der Waals surface area contributed by atoms with Gasteiger partial charge < -0.3 is 15.0 Å². The van der Waals surface area contributed by atoms with Gasteiger partial charge in [0.2, 0.25) is 11.9 Å². The van der Waals surface area contributed by atoms with Gasteiger partial charge in [-0.15, -0.1) is 0 Å². The van der Waals surface area contributed by atoms with Gasteiger partial charge in [0.25, 0.3) is 0 Å². The SMILES string of the molecule is CCCNc1nc(OC)nc(N(C)C(C)CCC)n1. The first-order chi connectivity index (χ1) is 9.12. The van der Waals surface area contributed by atoms with Gasteiger partial charge in [0.1, 0.15) is 0 Å². The van der Waals surface area contributed by atoms with Crippen LogP contribution in [-0.2, 0) is 0 Å². The molecule has 0 aromatic carbocycles. The summed E-state index contributed by atoms with van der Waals surface area (Å²) in [7, 11) is 3.57. The molecule has 0 aliphatic rings. The van der Waals surface area contributed by atoms with Gasteiger partial charge in [0, 0.05) is 19.6 Å². The van der Waals surface area contributed by atoms with Crippen molar-refractivity contribution >= 4 is 11.9 Å². The van der Waals surface area contributed by atoms with Crippen LogP contribution >= 0.6 is 0 Å². The predicted molar refractivity (Wildman–Crippen MR) is 77.9 cm³/mol. The second kappa shape index (κ2) is 7.76. The lowest BCUT2D eigenvalue weighted by Crippen LogP contribution is -2.30. The highest BCUT2D eigenvalue weighted by molar-refractivity contribution is 5.38. The van der Waals surface area contributed by atoms with E-state index < -0.39 is 0 Å². The first kappa shape index (κ1) is 15.5. The predicted octanol–water partition coefficient (Wildman–Crippen LogP) is 2.33. The standard InChI is InChI=1S/C13H25N5O/c1-6-8-10(3)18(4)12-15-11(14-9-7-2)16-13(17-12)19-5/h10H,6-9H2,1-5H3,(H,14,15,16,17). The molecule has 0 fully saturated rings. The molecule has 108 valence electrons. The summed E-state index contributed by atoms with van der Waals surface area (Å²) in [5, 5.41) is 3.17. The summed E-state index contributed by atoms with van der Waals surface area (Å²) in [6, 6.07) is 0.732. The van der Waals surface area contributed by atoms with Crippen LogP contribution in [0.15, 0.2) is 0 Å². The Labute approximate surface area is 115 Å². The molecule has 1 aromatic rings. The summed E-state index contributed by atoms with van der Waals surface area (Å²) < 4.78 is 5.14. The molecule has 1 heterocycles. The number of rotatable bonds is 8. The van der Waals surface area contributed by atoms with Crippen molar-refractivity contribution in [2.45, 2.75) is 46.1 Å². The number of hydrogen-bond donors (Lipinski definition) is 1. The monoisotopic (exact) mass is 267 g/mol. The molecule has 1 unspecified atom stereocenters. The fraction of sp³-hybridized carbons (Fsp3) is 0.769. The summed E-state index contributed by atoms with van der Waals surface area (Å²) in [4.78, 5) is 15.0. The number of methoxy groups -OCH3 is 1. The Hall–Kier alpha value is -1.59. The Morgan fingerprint density at radius 2 is 1.95 bits per heavy atom. The Morgan fingerprint density at radius 3 is 2.53 bits per heavy atom. The molecular formula is C13H25N5O. The molecule has 6 heteroatoms. The Balaban J connectivity index is 2.91. The molecule has 6 nitrogen and oxygen atoms in total. The molecule has 0 aliphatic heterocycles. The van der Waals surface area contributed by atoms with Crippen molar-refractivity contribution in [3.05, 3.63) is 0 Å². The normalized spacial score (nSPS) is 12.1. The van der Waals surface area contributed by atoms with Gasteiger partial charge >= 0.3 is 6.01 Å². The molecule has 1 N–H and O–H groups in total. The molecule has 0 saturated carbocycles. The quantitative estimate of drug-likeness (QED) is 0.780. The minimum Gasteiger partial charge on any atom is -0.467 e. The molecule has 0 bridgehead atoms. The Bertz CT molecular complexity index is 385. The van der Waals surface area contributed by atoms with Gasteiger partial charge in [-0.3, -0.25) is 0 Å². The third-order valence-electron chi connectivity index (χ3n) is 3.00. The molecule has 1 atom stereocenters. The summed E-state index contributed by atoms with van der Waals surface area (Å²) in [6.45, 7) is 7.27. The highest BCUT2D eigenvalue weighted by Crippen LogP contribution is 2.17. The number of ether oxygens (including phenoxy) is 1. The highest BCUT2D eigenvalue weighted by Gasteiger charge is 2.15. The van der Waals surface area contributed by atoms with Gasteiger partial charge in [0.05, 0.1) is 7.11 Å². The molecular weight excluding hydrogens is 242 g/mol. The second-order valence-electron chi connectivity index (χ2n) is 4.62. The zero-order valence-corrected chi connectivity index (χ0v) is 12.6. The van der Waals surface area contributed by atoms with E-state index in [2.05, 4.69) is 45.9 Å². The van der Waals surface area contributed by atoms with E-state index in [0.717, 1.165) is 25.8 Å². The lowest BCUT2D eigenvalue weighted by molar-refractivity contribution is 0.378. The third-order valence-corrected chi connectivity index (χ3v) is 3.00. The van der Waals surface area contributed by atoms with Gasteiger partial charge in [-0.2, -0.15) is 15.0 Å². The largest absolute Gasteiger partial charge is 0.467 e. The summed E-state index contributed by atoms with van der Waals surface area (Å²) >= 11 is 0. The zero-order valence-electron chi connectivity index (χ0n) is 12.6. The van der Waals surface area contributed by atoms with E-state index in [-0.39, 0.29) is 0 Å². The first-order valence-electron chi connectivity index (χ1n) is 6.89.